The van der Waals surface area contributed by atoms with E-state index in [-0.39, 0.29) is 12.1 Å². The van der Waals surface area contributed by atoms with Gasteiger partial charge in [-0.2, -0.15) is 0 Å². The van der Waals surface area contributed by atoms with E-state index in [9.17, 15) is 0 Å². The lowest BCUT2D eigenvalue weighted by Gasteiger charge is -2.22. The number of nitrogens with zero attached hydrogens (tertiary/aromatic N) is 3. The van der Waals surface area contributed by atoms with Gasteiger partial charge in [0.1, 0.15) is 0 Å². The van der Waals surface area contributed by atoms with Crippen LogP contribution in [0, 0.1) is 5.92 Å². The van der Waals surface area contributed by atoms with E-state index >= 15 is 0 Å². The Morgan fingerprint density at radius 3 is 2.54 bits per heavy atom. The van der Waals surface area contributed by atoms with Crippen molar-refractivity contribution < 1.29 is 0 Å². The fraction of sp³-hybridized carbons (Fsp3) is 0.353. The summed E-state index contributed by atoms with van der Waals surface area (Å²) < 4.78 is 1.94. The summed E-state index contributed by atoms with van der Waals surface area (Å²) in [7, 11) is 0. The molecule has 5 nitrogen and oxygen atoms in total. The zero-order valence-corrected chi connectivity index (χ0v) is 16.0. The SMILES string of the molecule is CC(C)CC(N)C(N)c1nc(-c2ccncc2)nc2c(Br)csc12. The maximum absolute atomic E-state index is 6.47. The maximum atomic E-state index is 6.47. The molecule has 4 N–H and O–H groups in total. The van der Waals surface area contributed by atoms with Crippen molar-refractivity contribution in [2.24, 2.45) is 17.4 Å². The molecular formula is C17H20BrN5S. The second-order valence-electron chi connectivity index (χ2n) is 6.25. The van der Waals surface area contributed by atoms with Gasteiger partial charge in [-0.25, -0.2) is 9.97 Å². The molecule has 24 heavy (non-hydrogen) atoms. The number of hydrogen-bond donors (Lipinski definition) is 2. The van der Waals surface area contributed by atoms with Crippen LogP contribution in [-0.2, 0) is 0 Å². The third-order valence-electron chi connectivity index (χ3n) is 3.86. The second-order valence-corrected chi connectivity index (χ2v) is 7.98. The van der Waals surface area contributed by atoms with Gasteiger partial charge < -0.3 is 11.5 Å². The number of thiophene rings is 1. The van der Waals surface area contributed by atoms with Crippen molar-refractivity contribution in [1.82, 2.24) is 15.0 Å². The number of fused-ring (bicyclic) bond motifs is 1. The van der Waals surface area contributed by atoms with Gasteiger partial charge in [-0.15, -0.1) is 11.3 Å². The fourth-order valence-corrected chi connectivity index (χ4v) is 4.26. The van der Waals surface area contributed by atoms with Crippen molar-refractivity contribution in [3.63, 3.8) is 0 Å². The summed E-state index contributed by atoms with van der Waals surface area (Å²) in [6, 6.07) is 3.31. The molecule has 3 aromatic rings. The quantitative estimate of drug-likeness (QED) is 0.671. The van der Waals surface area contributed by atoms with Crippen LogP contribution in [0.25, 0.3) is 21.6 Å². The van der Waals surface area contributed by atoms with Crippen LogP contribution in [-0.4, -0.2) is 21.0 Å². The Bertz CT molecular complexity index is 834. The molecule has 2 atom stereocenters. The minimum atomic E-state index is -0.330. The van der Waals surface area contributed by atoms with Crippen LogP contribution < -0.4 is 11.5 Å². The highest BCUT2D eigenvalue weighted by molar-refractivity contribution is 9.10. The summed E-state index contributed by atoms with van der Waals surface area (Å²) in [5.74, 6) is 1.13. The third kappa shape index (κ3) is 3.49. The molecule has 0 fully saturated rings. The third-order valence-corrected chi connectivity index (χ3v) is 5.76. The number of pyridine rings is 1. The summed E-state index contributed by atoms with van der Waals surface area (Å²) in [6.07, 6.45) is 4.31. The van der Waals surface area contributed by atoms with Crippen LogP contribution in [0.5, 0.6) is 0 Å². The highest BCUT2D eigenvalue weighted by atomic mass is 79.9. The van der Waals surface area contributed by atoms with Crippen LogP contribution in [0.2, 0.25) is 0 Å². The zero-order valence-electron chi connectivity index (χ0n) is 13.6. The van der Waals surface area contributed by atoms with E-state index in [4.69, 9.17) is 21.4 Å². The van der Waals surface area contributed by atoms with E-state index < -0.39 is 0 Å². The molecule has 0 aromatic carbocycles. The van der Waals surface area contributed by atoms with Crippen LogP contribution in [0.3, 0.4) is 0 Å². The first-order chi connectivity index (χ1) is 11.5. The molecule has 2 unspecified atom stereocenters. The standard InChI is InChI=1S/C17H20BrN5S/c1-9(2)7-12(19)13(20)15-16-14(11(18)8-24-16)22-17(23-15)10-3-5-21-6-4-10/h3-6,8-9,12-13H,7,19-20H2,1-2H3. The number of nitrogens with two attached hydrogens (primary N) is 2. The van der Waals surface area contributed by atoms with Gasteiger partial charge in [-0.1, -0.05) is 13.8 Å². The molecule has 0 bridgehead atoms. The average molecular weight is 406 g/mol. The van der Waals surface area contributed by atoms with E-state index in [1.807, 2.05) is 17.5 Å². The summed E-state index contributed by atoms with van der Waals surface area (Å²) in [5, 5.41) is 2.01. The largest absolute Gasteiger partial charge is 0.326 e. The van der Waals surface area contributed by atoms with E-state index in [2.05, 4.69) is 34.8 Å². The first-order valence-electron chi connectivity index (χ1n) is 7.83. The van der Waals surface area contributed by atoms with Crippen molar-refractivity contribution in [2.45, 2.75) is 32.4 Å². The van der Waals surface area contributed by atoms with E-state index in [0.29, 0.717) is 11.7 Å². The van der Waals surface area contributed by atoms with Crippen molar-refractivity contribution in [3.8, 4) is 11.4 Å². The van der Waals surface area contributed by atoms with Gasteiger partial charge in [0.15, 0.2) is 5.82 Å². The van der Waals surface area contributed by atoms with Crippen LogP contribution in [0.15, 0.2) is 34.4 Å². The maximum Gasteiger partial charge on any atom is 0.160 e. The Morgan fingerprint density at radius 2 is 1.88 bits per heavy atom. The summed E-state index contributed by atoms with van der Waals surface area (Å²) >= 11 is 5.16. The van der Waals surface area contributed by atoms with E-state index in [1.165, 1.54) is 0 Å². The van der Waals surface area contributed by atoms with Crippen molar-refractivity contribution in [1.29, 1.82) is 0 Å². The topological polar surface area (TPSA) is 90.7 Å². The number of hydrogen-bond acceptors (Lipinski definition) is 6. The molecule has 0 saturated carbocycles. The second kappa shape index (κ2) is 7.23. The van der Waals surface area contributed by atoms with Crippen molar-refractivity contribution >= 4 is 37.5 Å². The molecule has 0 aliphatic rings. The van der Waals surface area contributed by atoms with Gasteiger partial charge in [0.2, 0.25) is 0 Å². The Kier molecular flexibility index (Phi) is 5.24. The van der Waals surface area contributed by atoms with E-state index in [0.717, 1.165) is 32.4 Å². The Labute approximate surface area is 153 Å². The van der Waals surface area contributed by atoms with Crippen molar-refractivity contribution in [2.75, 3.05) is 0 Å². The van der Waals surface area contributed by atoms with Gasteiger partial charge in [0.05, 0.1) is 26.4 Å². The predicted octanol–water partition coefficient (Wildman–Crippen LogP) is 3.89. The number of halogens is 1. The summed E-state index contributed by atoms with van der Waals surface area (Å²) in [4.78, 5) is 13.5. The smallest absolute Gasteiger partial charge is 0.160 e. The average Bonchev–Trinajstić information content (AvgIpc) is 2.95. The molecule has 0 radical (unpaired) electrons. The van der Waals surface area contributed by atoms with Gasteiger partial charge in [0.25, 0.3) is 0 Å². The molecular weight excluding hydrogens is 386 g/mol. The lowest BCUT2D eigenvalue weighted by Crippen LogP contribution is -2.36. The minimum absolute atomic E-state index is 0.144. The monoisotopic (exact) mass is 405 g/mol. The predicted molar refractivity (Wildman–Crippen MR) is 103 cm³/mol. The van der Waals surface area contributed by atoms with Gasteiger partial charge >= 0.3 is 0 Å². The Balaban J connectivity index is 2.12. The molecule has 3 rings (SSSR count). The number of rotatable bonds is 5. The molecule has 0 spiro atoms. The van der Waals surface area contributed by atoms with Gasteiger partial charge in [-0.05, 0) is 40.4 Å². The highest BCUT2D eigenvalue weighted by Gasteiger charge is 2.23. The lowest BCUT2D eigenvalue weighted by atomic mass is 9.96. The number of aromatic nitrogens is 3. The fourth-order valence-electron chi connectivity index (χ4n) is 2.66. The lowest BCUT2D eigenvalue weighted by molar-refractivity contribution is 0.436. The summed E-state index contributed by atoms with van der Waals surface area (Å²) in [5.41, 5.74) is 15.4. The summed E-state index contributed by atoms with van der Waals surface area (Å²) in [6.45, 7) is 4.29. The first-order valence-corrected chi connectivity index (χ1v) is 9.50. The Morgan fingerprint density at radius 1 is 1.17 bits per heavy atom. The van der Waals surface area contributed by atoms with Crippen LogP contribution in [0.4, 0.5) is 0 Å². The molecule has 3 aromatic heterocycles. The van der Waals surface area contributed by atoms with Crippen LogP contribution >= 0.6 is 27.3 Å². The molecule has 126 valence electrons. The molecule has 7 heteroatoms. The molecule has 0 aliphatic heterocycles. The highest BCUT2D eigenvalue weighted by Crippen LogP contribution is 2.35. The first kappa shape index (κ1) is 17.4. The Hall–Kier alpha value is -1.41. The molecule has 0 saturated heterocycles. The van der Waals surface area contributed by atoms with Crippen molar-refractivity contribution in [3.05, 3.63) is 40.1 Å². The van der Waals surface area contributed by atoms with Gasteiger partial charge in [0, 0.05) is 29.4 Å². The molecule has 0 amide bonds. The molecule has 3 heterocycles. The molecule has 0 aliphatic carbocycles. The van der Waals surface area contributed by atoms with E-state index in [1.54, 1.807) is 23.7 Å². The minimum Gasteiger partial charge on any atom is -0.326 e. The van der Waals surface area contributed by atoms with Crippen LogP contribution in [0.1, 0.15) is 32.0 Å². The van der Waals surface area contributed by atoms with Gasteiger partial charge in [-0.3, -0.25) is 4.98 Å². The normalized spacial score (nSPS) is 14.2. The zero-order chi connectivity index (χ0) is 17.3.